The van der Waals surface area contributed by atoms with Crippen molar-refractivity contribution in [2.75, 3.05) is 4.90 Å². The van der Waals surface area contributed by atoms with Gasteiger partial charge in [0.1, 0.15) is 0 Å². The van der Waals surface area contributed by atoms with Crippen LogP contribution in [0.1, 0.15) is 18.9 Å². The van der Waals surface area contributed by atoms with Crippen molar-refractivity contribution in [3.63, 3.8) is 0 Å². The summed E-state index contributed by atoms with van der Waals surface area (Å²) in [5, 5.41) is 0.580. The second-order valence-electron chi connectivity index (χ2n) is 6.56. The Morgan fingerprint density at radius 3 is 2.71 bits per heavy atom. The molecular weight excluding hydrogens is 286 g/mol. The molecule has 4 atom stereocenters. The number of allylic oxidation sites excluding steroid dienone is 2. The van der Waals surface area contributed by atoms with Crippen LogP contribution in [0.2, 0.25) is 5.02 Å². The lowest BCUT2D eigenvalue weighted by Gasteiger charge is -2.28. The average Bonchev–Trinajstić information content (AvgIpc) is 3.07. The van der Waals surface area contributed by atoms with E-state index in [1.54, 1.807) is 12.1 Å². The fraction of sp³-hybridized carbons (Fsp3) is 0.412. The third-order valence-corrected chi connectivity index (χ3v) is 5.93. The predicted molar refractivity (Wildman–Crippen MR) is 81.0 cm³/mol. The van der Waals surface area contributed by atoms with Crippen molar-refractivity contribution >= 4 is 29.1 Å². The number of aryl methyl sites for hydroxylation is 1. The minimum atomic E-state index is -0.576. The number of hydrogen-bond donors (Lipinski definition) is 0. The number of hydrogen-bond acceptors (Lipinski definition) is 2. The Kier molecular flexibility index (Phi) is 2.48. The van der Waals surface area contributed by atoms with Gasteiger partial charge in [-0.05, 0) is 49.8 Å². The van der Waals surface area contributed by atoms with Gasteiger partial charge in [0, 0.05) is 5.02 Å². The molecule has 108 valence electrons. The molecule has 1 saturated heterocycles. The van der Waals surface area contributed by atoms with E-state index >= 15 is 0 Å². The Bertz CT molecular complexity index is 711. The number of imide groups is 1. The molecule has 1 aliphatic heterocycles. The van der Waals surface area contributed by atoms with Gasteiger partial charge in [0.25, 0.3) is 0 Å². The highest BCUT2D eigenvalue weighted by atomic mass is 35.5. The molecule has 1 heterocycles. The van der Waals surface area contributed by atoms with Crippen LogP contribution in [0.15, 0.2) is 30.4 Å². The van der Waals surface area contributed by atoms with Gasteiger partial charge in [-0.3, -0.25) is 9.59 Å². The zero-order chi connectivity index (χ0) is 14.9. The number of rotatable bonds is 1. The average molecular weight is 302 g/mol. The molecule has 3 aliphatic rings. The van der Waals surface area contributed by atoms with Crippen LogP contribution >= 0.6 is 11.6 Å². The van der Waals surface area contributed by atoms with E-state index in [1.165, 1.54) is 4.90 Å². The number of carbonyl (C=O) groups is 2. The minimum Gasteiger partial charge on any atom is -0.274 e. The van der Waals surface area contributed by atoms with Crippen molar-refractivity contribution in [1.82, 2.24) is 0 Å². The van der Waals surface area contributed by atoms with E-state index in [2.05, 4.69) is 12.2 Å². The smallest absolute Gasteiger partial charge is 0.241 e. The topological polar surface area (TPSA) is 37.4 Å². The molecule has 4 heteroatoms. The summed E-state index contributed by atoms with van der Waals surface area (Å²) in [6, 6.07) is 5.37. The molecule has 3 nitrogen and oxygen atoms in total. The molecule has 1 saturated carbocycles. The minimum absolute atomic E-state index is 0.0701. The van der Waals surface area contributed by atoms with Crippen molar-refractivity contribution in [2.24, 2.45) is 23.2 Å². The van der Waals surface area contributed by atoms with Crippen LogP contribution in [0.3, 0.4) is 0 Å². The van der Waals surface area contributed by atoms with Gasteiger partial charge in [0.15, 0.2) is 0 Å². The molecule has 1 aromatic carbocycles. The number of benzene rings is 1. The first-order valence-corrected chi connectivity index (χ1v) is 7.65. The first-order chi connectivity index (χ1) is 9.94. The highest BCUT2D eigenvalue weighted by Gasteiger charge is 2.67. The monoisotopic (exact) mass is 301 g/mol. The molecule has 0 radical (unpaired) electrons. The van der Waals surface area contributed by atoms with Gasteiger partial charge in [-0.2, -0.15) is 0 Å². The number of amides is 2. The molecule has 2 amide bonds. The molecule has 0 aromatic heterocycles. The van der Waals surface area contributed by atoms with Gasteiger partial charge in [0.05, 0.1) is 17.0 Å². The second-order valence-corrected chi connectivity index (χ2v) is 6.97. The summed E-state index contributed by atoms with van der Waals surface area (Å²) >= 11 is 6.15. The van der Waals surface area contributed by atoms with Gasteiger partial charge >= 0.3 is 0 Å². The van der Waals surface area contributed by atoms with Crippen LogP contribution in [-0.2, 0) is 9.59 Å². The Morgan fingerprint density at radius 1 is 1.29 bits per heavy atom. The molecular formula is C17H16ClNO2. The van der Waals surface area contributed by atoms with E-state index in [0.29, 0.717) is 10.7 Å². The SMILES string of the molecule is Cc1ccc(N2C(=O)[C@H]3[C@@H]4C=C[C@H](C4)[C@]3(C)C2=O)cc1Cl. The van der Waals surface area contributed by atoms with E-state index in [0.717, 1.165) is 12.0 Å². The molecule has 1 aromatic rings. The molecule has 2 aliphatic carbocycles. The standard InChI is InChI=1S/C17H16ClNO2/c1-9-3-6-12(8-13(9)18)19-15(20)14-10-4-5-11(7-10)17(14,2)16(19)21/h3-6,8,10-11,14H,7H2,1-2H3/t10-,11-,14-,17+/m1/s1. The van der Waals surface area contributed by atoms with Gasteiger partial charge in [-0.25, -0.2) is 4.90 Å². The van der Waals surface area contributed by atoms with E-state index in [1.807, 2.05) is 19.9 Å². The van der Waals surface area contributed by atoms with E-state index in [4.69, 9.17) is 11.6 Å². The lowest BCUT2D eigenvalue weighted by molar-refractivity contribution is -0.127. The molecule has 21 heavy (non-hydrogen) atoms. The number of halogens is 1. The van der Waals surface area contributed by atoms with Gasteiger partial charge in [-0.15, -0.1) is 0 Å². The zero-order valence-electron chi connectivity index (χ0n) is 12.0. The van der Waals surface area contributed by atoms with E-state index in [-0.39, 0.29) is 29.6 Å². The maximum absolute atomic E-state index is 12.9. The Labute approximate surface area is 128 Å². The second kappa shape index (κ2) is 3.98. The molecule has 0 N–H and O–H groups in total. The normalized spacial score (nSPS) is 36.7. The number of fused-ring (bicyclic) bond motifs is 5. The molecule has 4 rings (SSSR count). The Morgan fingerprint density at radius 2 is 2.05 bits per heavy atom. The number of anilines is 1. The summed E-state index contributed by atoms with van der Waals surface area (Å²) in [6.45, 7) is 3.85. The fourth-order valence-corrected chi connectivity index (χ4v) is 4.45. The van der Waals surface area contributed by atoms with Crippen LogP contribution in [0.5, 0.6) is 0 Å². The number of nitrogens with zero attached hydrogens (tertiary/aromatic N) is 1. The van der Waals surface area contributed by atoms with Crippen LogP contribution in [0.4, 0.5) is 5.69 Å². The third kappa shape index (κ3) is 1.45. The van der Waals surface area contributed by atoms with Crippen molar-refractivity contribution in [2.45, 2.75) is 20.3 Å². The summed E-state index contributed by atoms with van der Waals surface area (Å²) in [5.74, 6) is 0.0471. The Balaban J connectivity index is 1.81. The summed E-state index contributed by atoms with van der Waals surface area (Å²) in [5.41, 5.74) is 0.955. The maximum Gasteiger partial charge on any atom is 0.241 e. The first kappa shape index (κ1) is 13.1. The highest BCUT2D eigenvalue weighted by molar-refractivity contribution is 6.32. The largest absolute Gasteiger partial charge is 0.274 e. The lowest BCUT2D eigenvalue weighted by atomic mass is 9.71. The summed E-state index contributed by atoms with van der Waals surface area (Å²) in [7, 11) is 0. The summed E-state index contributed by atoms with van der Waals surface area (Å²) in [4.78, 5) is 27.1. The molecule has 0 unspecified atom stereocenters. The van der Waals surface area contributed by atoms with Crippen molar-refractivity contribution in [3.8, 4) is 0 Å². The molecule has 2 bridgehead atoms. The van der Waals surface area contributed by atoms with Crippen molar-refractivity contribution in [1.29, 1.82) is 0 Å². The first-order valence-electron chi connectivity index (χ1n) is 7.27. The zero-order valence-corrected chi connectivity index (χ0v) is 12.7. The maximum atomic E-state index is 12.9. The van der Waals surface area contributed by atoms with Crippen LogP contribution in [-0.4, -0.2) is 11.8 Å². The Hall–Kier alpha value is -1.61. The fourth-order valence-electron chi connectivity index (χ4n) is 4.27. The summed E-state index contributed by atoms with van der Waals surface area (Å²) in [6.07, 6.45) is 5.15. The van der Waals surface area contributed by atoms with Gasteiger partial charge in [-0.1, -0.05) is 29.8 Å². The quantitative estimate of drug-likeness (QED) is 0.589. The van der Waals surface area contributed by atoms with Gasteiger partial charge in [0.2, 0.25) is 11.8 Å². The lowest BCUT2D eigenvalue weighted by Crippen LogP contribution is -2.37. The predicted octanol–water partition coefficient (Wildman–Crippen LogP) is 3.35. The van der Waals surface area contributed by atoms with E-state index < -0.39 is 5.41 Å². The van der Waals surface area contributed by atoms with Crippen molar-refractivity contribution < 1.29 is 9.59 Å². The molecule has 2 fully saturated rings. The highest BCUT2D eigenvalue weighted by Crippen LogP contribution is 2.60. The van der Waals surface area contributed by atoms with E-state index in [9.17, 15) is 9.59 Å². The van der Waals surface area contributed by atoms with Crippen molar-refractivity contribution in [3.05, 3.63) is 40.9 Å². The summed E-state index contributed by atoms with van der Waals surface area (Å²) < 4.78 is 0. The van der Waals surface area contributed by atoms with Crippen LogP contribution in [0, 0.1) is 30.1 Å². The molecule has 0 spiro atoms. The van der Waals surface area contributed by atoms with Crippen LogP contribution in [0.25, 0.3) is 0 Å². The van der Waals surface area contributed by atoms with Crippen LogP contribution < -0.4 is 4.90 Å². The third-order valence-electron chi connectivity index (χ3n) is 5.53. The number of carbonyl (C=O) groups excluding carboxylic acids is 2. The van der Waals surface area contributed by atoms with Gasteiger partial charge < -0.3 is 0 Å².